The average Bonchev–Trinajstić information content (AvgIpc) is 2.92. The minimum Gasteiger partial charge on any atom is -0.481 e. The molecule has 1 N–H and O–H groups in total. The van der Waals surface area contributed by atoms with Gasteiger partial charge in [0.05, 0.1) is 12.7 Å². The van der Waals surface area contributed by atoms with Crippen LogP contribution in [-0.2, 0) is 24.1 Å². The van der Waals surface area contributed by atoms with Crippen LogP contribution in [0.3, 0.4) is 0 Å². The molecule has 0 atom stereocenters. The lowest BCUT2D eigenvalue weighted by Crippen LogP contribution is -2.11. The van der Waals surface area contributed by atoms with Crippen LogP contribution in [0, 0.1) is 0 Å². The Kier molecular flexibility index (Phi) is 3.94. The van der Waals surface area contributed by atoms with Gasteiger partial charge in [0.1, 0.15) is 0 Å². The van der Waals surface area contributed by atoms with Gasteiger partial charge in [0.2, 0.25) is 0 Å². The molecule has 0 unspecified atom stereocenters. The second-order valence-corrected chi connectivity index (χ2v) is 4.17. The van der Waals surface area contributed by atoms with Gasteiger partial charge in [0, 0.05) is 17.0 Å². The fourth-order valence-corrected chi connectivity index (χ4v) is 2.04. The Morgan fingerprint density at radius 1 is 1.26 bits per heavy atom. The van der Waals surface area contributed by atoms with Crippen LogP contribution in [0.2, 0.25) is 0 Å². The fourth-order valence-electron chi connectivity index (χ4n) is 2.04. The first-order valence-corrected chi connectivity index (χ1v) is 6.30. The van der Waals surface area contributed by atoms with Gasteiger partial charge in [-0.15, -0.1) is 0 Å². The maximum absolute atomic E-state index is 10.9. The summed E-state index contributed by atoms with van der Waals surface area (Å²) in [5.41, 5.74) is 2.29. The molecule has 0 amide bonds. The molecule has 2 aromatic rings. The minimum atomic E-state index is -0.862. The Labute approximate surface area is 111 Å². The second-order valence-electron chi connectivity index (χ2n) is 4.17. The van der Waals surface area contributed by atoms with Gasteiger partial charge in [-0.05, 0) is 25.0 Å². The SMILES string of the molecule is CCc1nc(-c2ccco2)nc(CC)c1CC(=O)O. The van der Waals surface area contributed by atoms with Crippen LogP contribution in [0.4, 0.5) is 0 Å². The Bertz CT molecular complexity index is 551. The van der Waals surface area contributed by atoms with Crippen molar-refractivity contribution in [3.8, 4) is 11.6 Å². The summed E-state index contributed by atoms with van der Waals surface area (Å²) in [7, 11) is 0. The highest BCUT2D eigenvalue weighted by Gasteiger charge is 2.16. The third-order valence-electron chi connectivity index (χ3n) is 2.92. The molecule has 0 bridgehead atoms. The molecule has 19 heavy (non-hydrogen) atoms. The van der Waals surface area contributed by atoms with Crippen molar-refractivity contribution in [3.05, 3.63) is 35.3 Å². The predicted molar refractivity (Wildman–Crippen MR) is 69.8 cm³/mol. The third-order valence-corrected chi connectivity index (χ3v) is 2.92. The number of carbonyl (C=O) groups is 1. The van der Waals surface area contributed by atoms with E-state index in [9.17, 15) is 4.79 Å². The molecule has 0 aliphatic heterocycles. The van der Waals surface area contributed by atoms with Crippen molar-refractivity contribution in [2.75, 3.05) is 0 Å². The number of rotatable bonds is 5. The summed E-state index contributed by atoms with van der Waals surface area (Å²) in [6.45, 7) is 3.91. The second kappa shape index (κ2) is 5.65. The molecular weight excluding hydrogens is 244 g/mol. The summed E-state index contributed by atoms with van der Waals surface area (Å²) in [5, 5.41) is 8.99. The molecule has 0 aromatic carbocycles. The van der Waals surface area contributed by atoms with Gasteiger partial charge in [0.15, 0.2) is 11.6 Å². The zero-order valence-corrected chi connectivity index (χ0v) is 11.0. The van der Waals surface area contributed by atoms with Crippen molar-refractivity contribution in [1.29, 1.82) is 0 Å². The van der Waals surface area contributed by atoms with Crippen LogP contribution in [0.1, 0.15) is 30.8 Å². The van der Waals surface area contributed by atoms with E-state index in [4.69, 9.17) is 9.52 Å². The lowest BCUT2D eigenvalue weighted by atomic mass is 10.0. The van der Waals surface area contributed by atoms with Crippen LogP contribution in [0.25, 0.3) is 11.6 Å². The third kappa shape index (κ3) is 2.81. The molecule has 0 fully saturated rings. The Balaban J connectivity index is 2.54. The minimum absolute atomic E-state index is 0.0369. The zero-order valence-electron chi connectivity index (χ0n) is 11.0. The highest BCUT2D eigenvalue weighted by atomic mass is 16.4. The van der Waals surface area contributed by atoms with E-state index in [-0.39, 0.29) is 6.42 Å². The van der Waals surface area contributed by atoms with Crippen LogP contribution in [0.5, 0.6) is 0 Å². The first-order chi connectivity index (χ1) is 9.15. The summed E-state index contributed by atoms with van der Waals surface area (Å²) >= 11 is 0. The number of hydrogen-bond acceptors (Lipinski definition) is 4. The average molecular weight is 260 g/mol. The van der Waals surface area contributed by atoms with E-state index in [0.29, 0.717) is 24.4 Å². The quantitative estimate of drug-likeness (QED) is 0.893. The van der Waals surface area contributed by atoms with E-state index < -0.39 is 5.97 Å². The van der Waals surface area contributed by atoms with Crippen LogP contribution >= 0.6 is 0 Å². The number of nitrogens with zero attached hydrogens (tertiary/aromatic N) is 2. The molecule has 0 radical (unpaired) electrons. The van der Waals surface area contributed by atoms with Crippen LogP contribution < -0.4 is 0 Å². The maximum Gasteiger partial charge on any atom is 0.307 e. The molecule has 5 heteroatoms. The molecule has 0 saturated carbocycles. The molecule has 2 heterocycles. The number of carboxylic acid groups (broad SMARTS) is 1. The van der Waals surface area contributed by atoms with Gasteiger partial charge < -0.3 is 9.52 Å². The van der Waals surface area contributed by atoms with Crippen LogP contribution in [0.15, 0.2) is 22.8 Å². The number of aromatic nitrogens is 2. The van der Waals surface area contributed by atoms with Crippen molar-refractivity contribution in [2.24, 2.45) is 0 Å². The molecule has 100 valence electrons. The molecule has 2 rings (SSSR count). The van der Waals surface area contributed by atoms with Gasteiger partial charge in [-0.3, -0.25) is 4.79 Å². The van der Waals surface area contributed by atoms with E-state index in [1.807, 2.05) is 13.8 Å². The lowest BCUT2D eigenvalue weighted by molar-refractivity contribution is -0.136. The number of aliphatic carboxylic acids is 1. The molecule has 5 nitrogen and oxygen atoms in total. The molecule has 0 aliphatic rings. The Morgan fingerprint density at radius 2 is 1.89 bits per heavy atom. The van der Waals surface area contributed by atoms with Gasteiger partial charge in [-0.1, -0.05) is 13.8 Å². The molecule has 0 aliphatic carbocycles. The number of aryl methyl sites for hydroxylation is 2. The highest BCUT2D eigenvalue weighted by Crippen LogP contribution is 2.21. The summed E-state index contributed by atoms with van der Waals surface area (Å²) in [4.78, 5) is 19.8. The molecule has 0 spiro atoms. The van der Waals surface area contributed by atoms with E-state index in [1.54, 1.807) is 18.4 Å². The number of carboxylic acids is 1. The van der Waals surface area contributed by atoms with Crippen molar-refractivity contribution >= 4 is 5.97 Å². The standard InChI is InChI=1S/C14H16N2O3/c1-3-10-9(8-13(17)18)11(4-2)16-14(15-10)12-6-5-7-19-12/h5-7H,3-4,8H2,1-2H3,(H,17,18). The van der Waals surface area contributed by atoms with E-state index in [0.717, 1.165) is 17.0 Å². The Morgan fingerprint density at radius 3 is 2.32 bits per heavy atom. The monoisotopic (exact) mass is 260 g/mol. The summed E-state index contributed by atoms with van der Waals surface area (Å²) in [6.07, 6.45) is 2.88. The first-order valence-electron chi connectivity index (χ1n) is 6.30. The molecule has 2 aromatic heterocycles. The predicted octanol–water partition coefficient (Wildman–Crippen LogP) is 2.49. The van der Waals surface area contributed by atoms with Gasteiger partial charge in [-0.25, -0.2) is 9.97 Å². The van der Waals surface area contributed by atoms with Gasteiger partial charge in [-0.2, -0.15) is 0 Å². The van der Waals surface area contributed by atoms with Gasteiger partial charge in [0.25, 0.3) is 0 Å². The summed E-state index contributed by atoms with van der Waals surface area (Å²) in [6, 6.07) is 3.58. The van der Waals surface area contributed by atoms with E-state index in [1.165, 1.54) is 0 Å². The normalized spacial score (nSPS) is 10.6. The lowest BCUT2D eigenvalue weighted by Gasteiger charge is -2.11. The first kappa shape index (κ1) is 13.3. The number of hydrogen-bond donors (Lipinski definition) is 1. The van der Waals surface area contributed by atoms with Crippen LogP contribution in [-0.4, -0.2) is 21.0 Å². The van der Waals surface area contributed by atoms with Gasteiger partial charge >= 0.3 is 5.97 Å². The fraction of sp³-hybridized carbons (Fsp3) is 0.357. The highest BCUT2D eigenvalue weighted by molar-refractivity contribution is 5.71. The number of furan rings is 1. The van der Waals surface area contributed by atoms with E-state index in [2.05, 4.69) is 9.97 Å². The van der Waals surface area contributed by atoms with Crippen molar-refractivity contribution in [3.63, 3.8) is 0 Å². The summed E-state index contributed by atoms with van der Waals surface area (Å²) in [5.74, 6) is 0.262. The van der Waals surface area contributed by atoms with Crippen molar-refractivity contribution in [1.82, 2.24) is 9.97 Å². The van der Waals surface area contributed by atoms with Crippen molar-refractivity contribution < 1.29 is 14.3 Å². The molecule has 0 saturated heterocycles. The molecular formula is C14H16N2O3. The smallest absolute Gasteiger partial charge is 0.307 e. The maximum atomic E-state index is 10.9. The van der Waals surface area contributed by atoms with Crippen molar-refractivity contribution in [2.45, 2.75) is 33.1 Å². The largest absolute Gasteiger partial charge is 0.481 e. The topological polar surface area (TPSA) is 76.2 Å². The Hall–Kier alpha value is -2.17. The summed E-state index contributed by atoms with van der Waals surface area (Å²) < 4.78 is 5.30. The zero-order chi connectivity index (χ0) is 13.8. The van der Waals surface area contributed by atoms with E-state index >= 15 is 0 Å².